The van der Waals surface area contributed by atoms with E-state index in [9.17, 15) is 4.79 Å². The van der Waals surface area contributed by atoms with Gasteiger partial charge >= 0.3 is 0 Å². The summed E-state index contributed by atoms with van der Waals surface area (Å²) >= 11 is 0. The third-order valence-electron chi connectivity index (χ3n) is 2.49. The first-order chi connectivity index (χ1) is 8.13. The number of fused-ring (bicyclic) bond motifs is 1. The minimum Gasteiger partial charge on any atom is -0.481 e. The van der Waals surface area contributed by atoms with E-state index in [0.29, 0.717) is 12.4 Å². The Labute approximate surface area is 98.6 Å². The van der Waals surface area contributed by atoms with Crippen LogP contribution in [0.4, 0.5) is 0 Å². The van der Waals surface area contributed by atoms with Gasteiger partial charge in [0.25, 0.3) is 0 Å². The van der Waals surface area contributed by atoms with Crippen molar-refractivity contribution in [1.82, 2.24) is 19.7 Å². The molecule has 0 bridgehead atoms. The van der Waals surface area contributed by atoms with E-state index in [1.165, 1.54) is 6.92 Å². The molecule has 2 heterocycles. The average Bonchev–Trinajstić information content (AvgIpc) is 2.76. The van der Waals surface area contributed by atoms with Gasteiger partial charge in [0, 0.05) is 19.3 Å². The molecule has 1 amide bonds. The number of nitrogens with one attached hydrogen (secondary N) is 1. The Morgan fingerprint density at radius 2 is 2.35 bits per heavy atom. The van der Waals surface area contributed by atoms with Crippen molar-refractivity contribution in [2.75, 3.05) is 7.11 Å². The molecule has 0 aliphatic rings. The van der Waals surface area contributed by atoms with Crippen LogP contribution in [0.2, 0.25) is 0 Å². The lowest BCUT2D eigenvalue weighted by molar-refractivity contribution is -0.119. The van der Waals surface area contributed by atoms with E-state index in [1.54, 1.807) is 13.3 Å². The monoisotopic (exact) mass is 234 g/mol. The third-order valence-corrected chi connectivity index (χ3v) is 2.49. The van der Waals surface area contributed by atoms with Gasteiger partial charge in [-0.15, -0.1) is 0 Å². The van der Waals surface area contributed by atoms with Crippen LogP contribution in [0.3, 0.4) is 0 Å². The van der Waals surface area contributed by atoms with Crippen LogP contribution in [-0.2, 0) is 11.3 Å². The number of hydrogen-bond donors (Lipinski definition) is 1. The highest BCUT2D eigenvalue weighted by Gasteiger charge is 2.13. The molecule has 2 aromatic heterocycles. The molecule has 0 saturated heterocycles. The molecule has 0 aromatic carbocycles. The summed E-state index contributed by atoms with van der Waals surface area (Å²) in [5.41, 5.74) is 1.53. The van der Waals surface area contributed by atoms with Crippen molar-refractivity contribution in [1.29, 1.82) is 0 Å². The van der Waals surface area contributed by atoms with Gasteiger partial charge in [-0.3, -0.25) is 9.20 Å². The predicted octanol–water partition coefficient (Wildman–Crippen LogP) is 0.682. The molecular weight excluding hydrogens is 220 g/mol. The molecule has 0 saturated carbocycles. The molecule has 0 fully saturated rings. The summed E-state index contributed by atoms with van der Waals surface area (Å²) in [6.07, 6.45) is 3.52. The molecular formula is C11H14N4O2. The van der Waals surface area contributed by atoms with Gasteiger partial charge in [-0.2, -0.15) is 4.98 Å². The van der Waals surface area contributed by atoms with Gasteiger partial charge in [-0.05, 0) is 6.92 Å². The quantitative estimate of drug-likeness (QED) is 0.848. The SMILES string of the molecule is COc1nc(C)n2ccnc2c1CNC(C)=O. The lowest BCUT2D eigenvalue weighted by Gasteiger charge is -2.11. The van der Waals surface area contributed by atoms with E-state index in [4.69, 9.17) is 4.74 Å². The van der Waals surface area contributed by atoms with E-state index in [0.717, 1.165) is 17.0 Å². The largest absolute Gasteiger partial charge is 0.481 e. The van der Waals surface area contributed by atoms with Crippen molar-refractivity contribution in [2.24, 2.45) is 0 Å². The number of carbonyl (C=O) groups excluding carboxylic acids is 1. The normalized spacial score (nSPS) is 10.5. The number of aryl methyl sites for hydroxylation is 1. The molecule has 90 valence electrons. The van der Waals surface area contributed by atoms with E-state index >= 15 is 0 Å². The lowest BCUT2D eigenvalue weighted by Crippen LogP contribution is -2.20. The number of imidazole rings is 1. The smallest absolute Gasteiger partial charge is 0.223 e. The van der Waals surface area contributed by atoms with Crippen molar-refractivity contribution in [3.8, 4) is 5.88 Å². The van der Waals surface area contributed by atoms with Crippen LogP contribution in [0.25, 0.3) is 5.65 Å². The fraction of sp³-hybridized carbons (Fsp3) is 0.364. The molecule has 0 aliphatic heterocycles. The van der Waals surface area contributed by atoms with E-state index in [-0.39, 0.29) is 5.91 Å². The van der Waals surface area contributed by atoms with Gasteiger partial charge in [0.2, 0.25) is 11.8 Å². The van der Waals surface area contributed by atoms with Crippen molar-refractivity contribution < 1.29 is 9.53 Å². The van der Waals surface area contributed by atoms with Crippen LogP contribution in [0.15, 0.2) is 12.4 Å². The first-order valence-corrected chi connectivity index (χ1v) is 5.24. The number of amides is 1. The number of ether oxygens (including phenoxy) is 1. The molecule has 0 spiro atoms. The minimum absolute atomic E-state index is 0.0997. The first-order valence-electron chi connectivity index (χ1n) is 5.24. The Morgan fingerprint density at radius 3 is 3.00 bits per heavy atom. The van der Waals surface area contributed by atoms with Crippen molar-refractivity contribution in [3.63, 3.8) is 0 Å². The Hall–Kier alpha value is -2.11. The van der Waals surface area contributed by atoms with Crippen LogP contribution >= 0.6 is 0 Å². The second-order valence-electron chi connectivity index (χ2n) is 3.68. The average molecular weight is 234 g/mol. The summed E-state index contributed by atoms with van der Waals surface area (Å²) in [5, 5.41) is 2.73. The molecule has 6 heteroatoms. The van der Waals surface area contributed by atoms with Crippen LogP contribution in [0.5, 0.6) is 5.88 Å². The molecule has 2 rings (SSSR count). The van der Waals surface area contributed by atoms with Gasteiger partial charge in [0.05, 0.1) is 19.2 Å². The number of rotatable bonds is 3. The summed E-state index contributed by atoms with van der Waals surface area (Å²) < 4.78 is 7.08. The molecule has 2 aromatic rings. The zero-order valence-corrected chi connectivity index (χ0v) is 10.0. The fourth-order valence-electron chi connectivity index (χ4n) is 1.69. The maximum Gasteiger partial charge on any atom is 0.223 e. The Balaban J connectivity index is 2.53. The number of methoxy groups -OCH3 is 1. The van der Waals surface area contributed by atoms with E-state index < -0.39 is 0 Å². The number of hydrogen-bond acceptors (Lipinski definition) is 4. The topological polar surface area (TPSA) is 68.5 Å². The molecule has 6 nitrogen and oxygen atoms in total. The second kappa shape index (κ2) is 4.40. The third kappa shape index (κ3) is 2.06. The minimum atomic E-state index is -0.0997. The lowest BCUT2D eigenvalue weighted by atomic mass is 10.3. The molecule has 0 radical (unpaired) electrons. The van der Waals surface area contributed by atoms with Gasteiger partial charge < -0.3 is 10.1 Å². The number of carbonyl (C=O) groups is 1. The second-order valence-corrected chi connectivity index (χ2v) is 3.68. The highest BCUT2D eigenvalue weighted by Crippen LogP contribution is 2.20. The van der Waals surface area contributed by atoms with Crippen LogP contribution in [-0.4, -0.2) is 27.4 Å². The van der Waals surface area contributed by atoms with Crippen LogP contribution in [0.1, 0.15) is 18.3 Å². The van der Waals surface area contributed by atoms with Crippen molar-refractivity contribution in [2.45, 2.75) is 20.4 Å². The Morgan fingerprint density at radius 1 is 1.59 bits per heavy atom. The number of aromatic nitrogens is 3. The number of nitrogens with zero attached hydrogens (tertiary/aromatic N) is 3. The van der Waals surface area contributed by atoms with Crippen molar-refractivity contribution >= 4 is 11.6 Å². The maximum atomic E-state index is 11.0. The van der Waals surface area contributed by atoms with Crippen molar-refractivity contribution in [3.05, 3.63) is 23.8 Å². The molecule has 1 N–H and O–H groups in total. The molecule has 0 aliphatic carbocycles. The van der Waals surface area contributed by atoms with Gasteiger partial charge in [0.1, 0.15) is 11.5 Å². The highest BCUT2D eigenvalue weighted by atomic mass is 16.5. The molecule has 0 atom stereocenters. The van der Waals surface area contributed by atoms with Crippen LogP contribution in [0, 0.1) is 6.92 Å². The summed E-state index contributed by atoms with van der Waals surface area (Å²) in [7, 11) is 1.55. The van der Waals surface area contributed by atoms with Crippen LogP contribution < -0.4 is 10.1 Å². The Bertz CT molecular complexity index is 562. The summed E-state index contributed by atoms with van der Waals surface area (Å²) in [6.45, 7) is 3.70. The zero-order chi connectivity index (χ0) is 12.4. The summed E-state index contributed by atoms with van der Waals surface area (Å²) in [4.78, 5) is 19.5. The van der Waals surface area contributed by atoms with E-state index in [1.807, 2.05) is 17.5 Å². The van der Waals surface area contributed by atoms with E-state index in [2.05, 4.69) is 15.3 Å². The first kappa shape index (κ1) is 11.4. The highest BCUT2D eigenvalue weighted by molar-refractivity contribution is 5.73. The van der Waals surface area contributed by atoms with Gasteiger partial charge in [-0.25, -0.2) is 4.98 Å². The predicted molar refractivity (Wildman–Crippen MR) is 61.8 cm³/mol. The maximum absolute atomic E-state index is 11.0. The zero-order valence-electron chi connectivity index (χ0n) is 10.0. The van der Waals surface area contributed by atoms with Gasteiger partial charge in [-0.1, -0.05) is 0 Å². The molecule has 17 heavy (non-hydrogen) atoms. The molecule has 0 unspecified atom stereocenters. The fourth-order valence-corrected chi connectivity index (χ4v) is 1.69. The Kier molecular flexibility index (Phi) is 2.95. The van der Waals surface area contributed by atoms with Gasteiger partial charge in [0.15, 0.2) is 0 Å². The standard InChI is InChI=1S/C11H14N4O2/c1-7-14-11(17-3)9(6-13-8(2)16)10-12-4-5-15(7)10/h4-5H,6H2,1-3H3,(H,13,16). The summed E-state index contributed by atoms with van der Waals surface area (Å²) in [5.74, 6) is 1.19. The summed E-state index contributed by atoms with van der Waals surface area (Å²) in [6, 6.07) is 0.